The first-order valence-corrected chi connectivity index (χ1v) is 8.27. The lowest BCUT2D eigenvalue weighted by molar-refractivity contribution is -0.115. The highest BCUT2D eigenvalue weighted by Gasteiger charge is 2.11. The molecule has 0 aliphatic heterocycles. The number of carbonyl (C=O) groups is 2. The van der Waals surface area contributed by atoms with Crippen LogP contribution in [-0.2, 0) is 9.59 Å². The third kappa shape index (κ3) is 5.04. The van der Waals surface area contributed by atoms with E-state index in [0.717, 1.165) is 16.8 Å². The number of benzene rings is 2. The predicted molar refractivity (Wildman–Crippen MR) is 106 cm³/mol. The predicted octanol–water partition coefficient (Wildman–Crippen LogP) is 4.23. The minimum atomic E-state index is -0.248. The van der Waals surface area contributed by atoms with Crippen LogP contribution in [0.5, 0.6) is 5.75 Å². The van der Waals surface area contributed by atoms with E-state index in [1.807, 2.05) is 26.0 Å². The first-order valence-electron chi connectivity index (χ1n) is 8.27. The Labute approximate surface area is 157 Å². The molecular formula is C19H23N5O3. The highest BCUT2D eigenvalue weighted by Crippen LogP contribution is 2.36. The number of nitrogen functional groups attached to an aromatic ring is 1. The van der Waals surface area contributed by atoms with Crippen molar-refractivity contribution in [2.75, 3.05) is 23.5 Å². The first-order chi connectivity index (χ1) is 12.7. The molecule has 8 nitrogen and oxygen atoms in total. The van der Waals surface area contributed by atoms with Crippen LogP contribution in [0, 0.1) is 13.8 Å². The molecule has 0 aliphatic rings. The maximum absolute atomic E-state index is 11.4. The summed E-state index contributed by atoms with van der Waals surface area (Å²) in [5, 5.41) is 14.0. The fourth-order valence-corrected chi connectivity index (χ4v) is 2.62. The molecule has 2 rings (SSSR count). The Balaban J connectivity index is 2.42. The zero-order valence-corrected chi connectivity index (χ0v) is 16.0. The van der Waals surface area contributed by atoms with Crippen LogP contribution in [0.25, 0.3) is 0 Å². The van der Waals surface area contributed by atoms with Gasteiger partial charge in [-0.25, -0.2) is 0 Å². The second-order valence-electron chi connectivity index (χ2n) is 6.13. The summed E-state index contributed by atoms with van der Waals surface area (Å²) in [6.07, 6.45) is 0. The van der Waals surface area contributed by atoms with Crippen molar-refractivity contribution in [2.24, 2.45) is 10.2 Å². The van der Waals surface area contributed by atoms with E-state index in [4.69, 9.17) is 10.5 Å². The van der Waals surface area contributed by atoms with E-state index in [1.165, 1.54) is 21.0 Å². The minimum absolute atomic E-state index is 0.135. The maximum Gasteiger partial charge on any atom is 0.221 e. The molecule has 0 spiro atoms. The number of hydrogen-bond acceptors (Lipinski definition) is 6. The number of methoxy groups -OCH3 is 1. The molecule has 0 aromatic heterocycles. The van der Waals surface area contributed by atoms with Crippen molar-refractivity contribution in [3.05, 3.63) is 35.4 Å². The Morgan fingerprint density at radius 3 is 2.07 bits per heavy atom. The summed E-state index contributed by atoms with van der Waals surface area (Å²) < 4.78 is 5.21. The van der Waals surface area contributed by atoms with Gasteiger partial charge in [-0.05, 0) is 43.2 Å². The zero-order chi connectivity index (χ0) is 20.1. The summed E-state index contributed by atoms with van der Waals surface area (Å²) in [4.78, 5) is 22.7. The smallest absolute Gasteiger partial charge is 0.221 e. The second kappa shape index (κ2) is 8.31. The highest BCUT2D eigenvalue weighted by molar-refractivity contribution is 5.93. The van der Waals surface area contributed by atoms with E-state index in [0.29, 0.717) is 28.5 Å². The molecule has 0 heterocycles. The number of carbonyl (C=O) groups excluding carboxylic acids is 2. The van der Waals surface area contributed by atoms with Gasteiger partial charge in [0, 0.05) is 25.6 Å². The van der Waals surface area contributed by atoms with Crippen molar-refractivity contribution in [3.8, 4) is 5.75 Å². The minimum Gasteiger partial charge on any atom is -0.495 e. The lowest BCUT2D eigenvalue weighted by Gasteiger charge is -2.12. The van der Waals surface area contributed by atoms with Crippen LogP contribution in [0.4, 0.5) is 28.4 Å². The Hall–Kier alpha value is -3.42. The quantitative estimate of drug-likeness (QED) is 0.540. The number of nitrogens with one attached hydrogen (secondary N) is 2. The molecule has 0 radical (unpaired) electrons. The van der Waals surface area contributed by atoms with Crippen molar-refractivity contribution in [1.82, 2.24) is 0 Å². The summed E-state index contributed by atoms with van der Waals surface area (Å²) in [5.74, 6) is 0.0540. The standard InChI is InChI=1S/C19H23N5O3/c1-10-6-14(7-11(2)19(10)22-13(4)26)23-24-17-9-18(27-5)15(20)8-16(17)21-12(3)25/h6-9H,20H2,1-5H3,(H,21,25)(H,22,26). The number of amides is 2. The van der Waals surface area contributed by atoms with Crippen molar-refractivity contribution >= 4 is 40.3 Å². The van der Waals surface area contributed by atoms with Crippen molar-refractivity contribution in [2.45, 2.75) is 27.7 Å². The molecule has 0 aliphatic carbocycles. The molecule has 142 valence electrons. The molecule has 2 aromatic rings. The number of hydrogen-bond donors (Lipinski definition) is 3. The fourth-order valence-electron chi connectivity index (χ4n) is 2.62. The van der Waals surface area contributed by atoms with Gasteiger partial charge in [-0.2, -0.15) is 5.11 Å². The van der Waals surface area contributed by atoms with Gasteiger partial charge in [0.15, 0.2) is 0 Å². The van der Waals surface area contributed by atoms with Gasteiger partial charge >= 0.3 is 0 Å². The molecule has 27 heavy (non-hydrogen) atoms. The first kappa shape index (κ1) is 19.9. The van der Waals surface area contributed by atoms with Gasteiger partial charge in [0.2, 0.25) is 11.8 Å². The topological polar surface area (TPSA) is 118 Å². The van der Waals surface area contributed by atoms with Gasteiger partial charge in [0.05, 0.1) is 24.2 Å². The van der Waals surface area contributed by atoms with Crippen LogP contribution in [0.3, 0.4) is 0 Å². The average molecular weight is 369 g/mol. The third-order valence-corrected chi connectivity index (χ3v) is 3.75. The second-order valence-corrected chi connectivity index (χ2v) is 6.13. The van der Waals surface area contributed by atoms with Gasteiger partial charge in [-0.3, -0.25) is 9.59 Å². The largest absolute Gasteiger partial charge is 0.495 e. The molecule has 0 bridgehead atoms. The molecule has 0 saturated carbocycles. The zero-order valence-electron chi connectivity index (χ0n) is 16.0. The molecular weight excluding hydrogens is 346 g/mol. The number of rotatable bonds is 5. The Morgan fingerprint density at radius 2 is 1.56 bits per heavy atom. The van der Waals surface area contributed by atoms with Gasteiger partial charge in [0.25, 0.3) is 0 Å². The number of aryl methyl sites for hydroxylation is 2. The molecule has 0 unspecified atom stereocenters. The van der Waals surface area contributed by atoms with Gasteiger partial charge in [0.1, 0.15) is 11.4 Å². The summed E-state index contributed by atoms with van der Waals surface area (Å²) in [6, 6.07) is 6.81. The fraction of sp³-hybridized carbons (Fsp3) is 0.263. The van der Waals surface area contributed by atoms with Gasteiger partial charge < -0.3 is 21.1 Å². The van der Waals surface area contributed by atoms with Crippen LogP contribution in [-0.4, -0.2) is 18.9 Å². The number of nitrogens with zero attached hydrogens (tertiary/aromatic N) is 2. The average Bonchev–Trinajstić information content (AvgIpc) is 2.56. The van der Waals surface area contributed by atoms with E-state index in [1.54, 1.807) is 12.1 Å². The monoisotopic (exact) mass is 369 g/mol. The maximum atomic E-state index is 11.4. The van der Waals surface area contributed by atoms with Crippen LogP contribution in [0.15, 0.2) is 34.5 Å². The molecule has 0 fully saturated rings. The van der Waals surface area contributed by atoms with E-state index in [-0.39, 0.29) is 11.8 Å². The summed E-state index contributed by atoms with van der Waals surface area (Å²) in [5.41, 5.74) is 10.2. The summed E-state index contributed by atoms with van der Waals surface area (Å²) in [7, 11) is 1.50. The van der Waals surface area contributed by atoms with E-state index in [9.17, 15) is 9.59 Å². The van der Waals surface area contributed by atoms with Gasteiger partial charge in [-0.15, -0.1) is 5.11 Å². The van der Waals surface area contributed by atoms with E-state index >= 15 is 0 Å². The lowest BCUT2D eigenvalue weighted by Crippen LogP contribution is -2.08. The van der Waals surface area contributed by atoms with Gasteiger partial charge in [-0.1, -0.05) is 0 Å². The van der Waals surface area contributed by atoms with Crippen molar-refractivity contribution in [3.63, 3.8) is 0 Å². The lowest BCUT2D eigenvalue weighted by atomic mass is 10.1. The summed E-state index contributed by atoms with van der Waals surface area (Å²) in [6.45, 7) is 6.62. The number of anilines is 3. The van der Waals surface area contributed by atoms with Crippen molar-refractivity contribution in [1.29, 1.82) is 0 Å². The molecule has 0 atom stereocenters. The number of nitrogens with two attached hydrogens (primary N) is 1. The van der Waals surface area contributed by atoms with Crippen LogP contribution in [0.1, 0.15) is 25.0 Å². The molecule has 4 N–H and O–H groups in total. The molecule has 8 heteroatoms. The Kier molecular flexibility index (Phi) is 6.12. The summed E-state index contributed by atoms with van der Waals surface area (Å²) >= 11 is 0. The highest BCUT2D eigenvalue weighted by atomic mass is 16.5. The Bertz CT molecular complexity index is 899. The van der Waals surface area contributed by atoms with Crippen LogP contribution in [0.2, 0.25) is 0 Å². The van der Waals surface area contributed by atoms with Crippen LogP contribution >= 0.6 is 0 Å². The molecule has 0 saturated heterocycles. The van der Waals surface area contributed by atoms with Crippen molar-refractivity contribution < 1.29 is 14.3 Å². The normalized spacial score (nSPS) is 10.7. The number of ether oxygens (including phenoxy) is 1. The van der Waals surface area contributed by atoms with E-state index in [2.05, 4.69) is 20.9 Å². The van der Waals surface area contributed by atoms with Crippen LogP contribution < -0.4 is 21.1 Å². The third-order valence-electron chi connectivity index (χ3n) is 3.75. The molecule has 2 amide bonds. The molecule has 2 aromatic carbocycles. The number of azo groups is 1. The van der Waals surface area contributed by atoms with E-state index < -0.39 is 0 Å². The SMILES string of the molecule is COc1cc(N=Nc2cc(C)c(NC(C)=O)c(C)c2)c(NC(C)=O)cc1N. The Morgan fingerprint density at radius 1 is 0.963 bits per heavy atom.